The summed E-state index contributed by atoms with van der Waals surface area (Å²) in [5.74, 6) is -0.369. The molecule has 2 aromatic rings. The number of nitrogens with one attached hydrogen (secondary N) is 1. The van der Waals surface area contributed by atoms with Gasteiger partial charge in [0.1, 0.15) is 5.82 Å². The maximum absolute atomic E-state index is 13.3. The number of carbonyl (C=O) groups excluding carboxylic acids is 1. The van der Waals surface area contributed by atoms with E-state index in [0.29, 0.717) is 31.9 Å². The summed E-state index contributed by atoms with van der Waals surface area (Å²) in [6, 6.07) is 13.8. The van der Waals surface area contributed by atoms with E-state index < -0.39 is 0 Å². The van der Waals surface area contributed by atoms with E-state index in [9.17, 15) is 9.18 Å². The molecule has 0 aliphatic carbocycles. The highest BCUT2D eigenvalue weighted by Gasteiger charge is 2.34. The molecule has 1 amide bonds. The molecule has 5 heteroatoms. The van der Waals surface area contributed by atoms with Crippen LogP contribution < -0.4 is 11.1 Å². The van der Waals surface area contributed by atoms with E-state index in [1.54, 1.807) is 12.1 Å². The van der Waals surface area contributed by atoms with Crippen LogP contribution in [0.5, 0.6) is 0 Å². The first-order chi connectivity index (χ1) is 12.1. The number of carbonyl (C=O) groups is 1. The van der Waals surface area contributed by atoms with Gasteiger partial charge in [-0.1, -0.05) is 24.3 Å². The van der Waals surface area contributed by atoms with Crippen LogP contribution in [0.4, 0.5) is 4.39 Å². The predicted octanol–water partition coefficient (Wildman–Crippen LogP) is 2.76. The van der Waals surface area contributed by atoms with Gasteiger partial charge in [-0.25, -0.2) is 4.39 Å². The second kappa shape index (κ2) is 7.76. The zero-order valence-corrected chi connectivity index (χ0v) is 14.1. The maximum atomic E-state index is 13.3. The number of benzene rings is 2. The molecule has 1 aliphatic rings. The summed E-state index contributed by atoms with van der Waals surface area (Å²) in [5.41, 5.74) is 8.00. The monoisotopic (exact) mass is 342 g/mol. The quantitative estimate of drug-likeness (QED) is 0.878. The zero-order valence-electron chi connectivity index (χ0n) is 14.1. The Bertz CT molecular complexity index is 707. The smallest absolute Gasteiger partial charge is 0.251 e. The van der Waals surface area contributed by atoms with Crippen LogP contribution in [0.3, 0.4) is 0 Å². The first-order valence-electron chi connectivity index (χ1n) is 8.54. The Kier molecular flexibility index (Phi) is 5.46. The highest BCUT2D eigenvalue weighted by Crippen LogP contribution is 2.34. The molecule has 0 radical (unpaired) electrons. The van der Waals surface area contributed by atoms with Crippen molar-refractivity contribution >= 4 is 5.91 Å². The summed E-state index contributed by atoms with van der Waals surface area (Å²) in [5, 5.41) is 3.04. The summed E-state index contributed by atoms with van der Waals surface area (Å²) < 4.78 is 18.8. The fourth-order valence-corrected chi connectivity index (χ4v) is 3.28. The molecule has 2 aromatic carbocycles. The lowest BCUT2D eigenvalue weighted by Crippen LogP contribution is -2.44. The average Bonchev–Trinajstić information content (AvgIpc) is 2.67. The minimum Gasteiger partial charge on any atom is -0.381 e. The van der Waals surface area contributed by atoms with Gasteiger partial charge >= 0.3 is 0 Å². The molecule has 25 heavy (non-hydrogen) atoms. The lowest BCUT2D eigenvalue weighted by atomic mass is 9.74. The number of nitrogens with two attached hydrogens (primary N) is 1. The molecular formula is C20H23FN2O2. The minimum atomic E-state index is -0.255. The Morgan fingerprint density at radius 2 is 1.72 bits per heavy atom. The Balaban J connectivity index is 1.74. The lowest BCUT2D eigenvalue weighted by Gasteiger charge is -2.38. The van der Waals surface area contributed by atoms with Crippen molar-refractivity contribution in [2.75, 3.05) is 19.8 Å². The molecule has 0 atom stereocenters. The van der Waals surface area contributed by atoms with Gasteiger partial charge in [0.15, 0.2) is 0 Å². The van der Waals surface area contributed by atoms with Crippen LogP contribution in [0, 0.1) is 5.82 Å². The first kappa shape index (κ1) is 17.6. The number of rotatable bonds is 5. The van der Waals surface area contributed by atoms with Crippen molar-refractivity contribution in [3.63, 3.8) is 0 Å². The molecule has 3 N–H and O–H groups in total. The van der Waals surface area contributed by atoms with Gasteiger partial charge in [0, 0.05) is 37.3 Å². The minimum absolute atomic E-state index is 0.114. The van der Waals surface area contributed by atoms with Gasteiger partial charge in [-0.05, 0) is 48.2 Å². The van der Waals surface area contributed by atoms with Crippen molar-refractivity contribution < 1.29 is 13.9 Å². The van der Waals surface area contributed by atoms with Gasteiger partial charge in [0.25, 0.3) is 5.91 Å². The molecular weight excluding hydrogens is 319 g/mol. The van der Waals surface area contributed by atoms with Crippen molar-refractivity contribution in [3.05, 3.63) is 71.0 Å². The standard InChI is InChI=1S/C20H23FN2O2/c21-18-7-5-17(6-8-18)20(9-11-25-12-10-20)14-23-19(24)16-3-1-15(13-22)2-4-16/h1-8H,9-14,22H2,(H,23,24). The Morgan fingerprint density at radius 3 is 2.32 bits per heavy atom. The largest absolute Gasteiger partial charge is 0.381 e. The van der Waals surface area contributed by atoms with E-state index in [2.05, 4.69) is 5.32 Å². The number of amides is 1. The lowest BCUT2D eigenvalue weighted by molar-refractivity contribution is 0.0487. The molecule has 4 nitrogen and oxygen atoms in total. The molecule has 1 aliphatic heterocycles. The number of ether oxygens (including phenoxy) is 1. The van der Waals surface area contributed by atoms with Crippen molar-refractivity contribution in [2.24, 2.45) is 5.73 Å². The molecule has 0 unspecified atom stereocenters. The first-order valence-corrected chi connectivity index (χ1v) is 8.54. The van der Waals surface area contributed by atoms with Crippen molar-refractivity contribution in [1.82, 2.24) is 5.32 Å². The zero-order chi connectivity index (χ0) is 17.7. The molecule has 1 saturated heterocycles. The highest BCUT2D eigenvalue weighted by molar-refractivity contribution is 5.94. The highest BCUT2D eigenvalue weighted by atomic mass is 19.1. The van der Waals surface area contributed by atoms with Gasteiger partial charge in [0.2, 0.25) is 0 Å². The summed E-state index contributed by atoms with van der Waals surface area (Å²) in [6.45, 7) is 2.23. The molecule has 0 bridgehead atoms. The van der Waals surface area contributed by atoms with Gasteiger partial charge in [0.05, 0.1) is 0 Å². The summed E-state index contributed by atoms with van der Waals surface area (Å²) in [6.07, 6.45) is 1.59. The number of hydrogen-bond acceptors (Lipinski definition) is 3. The third-order valence-electron chi connectivity index (χ3n) is 4.95. The third kappa shape index (κ3) is 4.06. The van der Waals surface area contributed by atoms with E-state index in [1.165, 1.54) is 12.1 Å². The van der Waals surface area contributed by atoms with Crippen LogP contribution in [0.15, 0.2) is 48.5 Å². The van der Waals surface area contributed by atoms with Crippen LogP contribution in [0.2, 0.25) is 0 Å². The summed E-state index contributed by atoms with van der Waals surface area (Å²) in [4.78, 5) is 12.5. The Labute approximate surface area is 147 Å². The van der Waals surface area contributed by atoms with Crippen molar-refractivity contribution in [2.45, 2.75) is 24.8 Å². The van der Waals surface area contributed by atoms with Gasteiger partial charge < -0.3 is 15.8 Å². The Hall–Kier alpha value is -2.24. The molecule has 3 rings (SSSR count). The number of hydrogen-bond donors (Lipinski definition) is 2. The van der Waals surface area contributed by atoms with Gasteiger partial charge in [-0.2, -0.15) is 0 Å². The molecule has 1 heterocycles. The number of halogens is 1. The van der Waals surface area contributed by atoms with Gasteiger partial charge in [-0.3, -0.25) is 4.79 Å². The maximum Gasteiger partial charge on any atom is 0.251 e. The normalized spacial score (nSPS) is 16.4. The molecule has 0 spiro atoms. The van der Waals surface area contributed by atoms with E-state index in [0.717, 1.165) is 24.0 Å². The summed E-state index contributed by atoms with van der Waals surface area (Å²) in [7, 11) is 0. The van der Waals surface area contributed by atoms with Gasteiger partial charge in [-0.15, -0.1) is 0 Å². The molecule has 0 aromatic heterocycles. The third-order valence-corrected chi connectivity index (χ3v) is 4.95. The second-order valence-corrected chi connectivity index (χ2v) is 6.48. The second-order valence-electron chi connectivity index (χ2n) is 6.48. The van der Waals surface area contributed by atoms with Crippen molar-refractivity contribution in [3.8, 4) is 0 Å². The molecule has 0 saturated carbocycles. The fourth-order valence-electron chi connectivity index (χ4n) is 3.28. The van der Waals surface area contributed by atoms with E-state index in [1.807, 2.05) is 24.3 Å². The molecule has 132 valence electrons. The van der Waals surface area contributed by atoms with Crippen LogP contribution in [0.1, 0.15) is 34.3 Å². The van der Waals surface area contributed by atoms with Crippen LogP contribution >= 0.6 is 0 Å². The van der Waals surface area contributed by atoms with E-state index in [-0.39, 0.29) is 17.1 Å². The SMILES string of the molecule is NCc1ccc(C(=O)NCC2(c3ccc(F)cc3)CCOCC2)cc1. The van der Waals surface area contributed by atoms with E-state index in [4.69, 9.17) is 10.5 Å². The van der Waals surface area contributed by atoms with Crippen molar-refractivity contribution in [1.29, 1.82) is 0 Å². The Morgan fingerprint density at radius 1 is 1.08 bits per heavy atom. The molecule has 1 fully saturated rings. The topological polar surface area (TPSA) is 64.4 Å². The van der Waals surface area contributed by atoms with Crippen LogP contribution in [-0.2, 0) is 16.7 Å². The predicted molar refractivity (Wildman–Crippen MR) is 94.8 cm³/mol. The fraction of sp³-hybridized carbons (Fsp3) is 0.350. The van der Waals surface area contributed by atoms with Crippen LogP contribution in [-0.4, -0.2) is 25.7 Å². The van der Waals surface area contributed by atoms with E-state index >= 15 is 0 Å². The average molecular weight is 342 g/mol. The summed E-state index contributed by atoms with van der Waals surface area (Å²) >= 11 is 0. The van der Waals surface area contributed by atoms with Crippen LogP contribution in [0.25, 0.3) is 0 Å².